The van der Waals surface area contributed by atoms with Gasteiger partial charge in [0.2, 0.25) is 0 Å². The molecule has 0 bridgehead atoms. The maximum absolute atomic E-state index is 3.75. The molecule has 0 unspecified atom stereocenters. The number of hydrogen-bond donors (Lipinski definition) is 1. The second-order valence-electron chi connectivity index (χ2n) is 7.10. The Morgan fingerprint density at radius 3 is 2.47 bits per heavy atom. The van der Waals surface area contributed by atoms with Gasteiger partial charge in [0, 0.05) is 25.2 Å². The average Bonchev–Trinajstić information content (AvgIpc) is 2.95. The lowest BCUT2D eigenvalue weighted by Gasteiger charge is -2.30. The Hall–Kier alpha value is -0.120. The molecule has 0 radical (unpaired) electrons. The molecule has 0 aromatic heterocycles. The minimum Gasteiger partial charge on any atom is -0.310 e. The van der Waals surface area contributed by atoms with Gasteiger partial charge in [0.1, 0.15) is 0 Å². The lowest BCUT2D eigenvalue weighted by molar-refractivity contribution is 0.204. The number of nitrogens with one attached hydrogen (secondary N) is 1. The van der Waals surface area contributed by atoms with Crippen molar-refractivity contribution in [3.63, 3.8) is 0 Å². The molecule has 1 saturated heterocycles. The van der Waals surface area contributed by atoms with Crippen LogP contribution in [-0.4, -0.2) is 62.2 Å². The Kier molecular flexibility index (Phi) is 3.81. The molecule has 2 aliphatic rings. The van der Waals surface area contributed by atoms with Crippen LogP contribution in [0.2, 0.25) is 0 Å². The van der Waals surface area contributed by atoms with E-state index in [1.165, 1.54) is 52.0 Å². The lowest BCUT2D eigenvalue weighted by atomic mass is 10.1. The quantitative estimate of drug-likeness (QED) is 0.800. The summed E-state index contributed by atoms with van der Waals surface area (Å²) >= 11 is 0. The Bertz CT molecular complexity index is 248. The summed E-state index contributed by atoms with van der Waals surface area (Å²) in [5.41, 5.74) is 0.913. The Morgan fingerprint density at radius 2 is 1.88 bits per heavy atom. The van der Waals surface area contributed by atoms with Crippen LogP contribution in [0.4, 0.5) is 0 Å². The second-order valence-corrected chi connectivity index (χ2v) is 7.10. The first-order chi connectivity index (χ1) is 7.91. The highest BCUT2D eigenvalue weighted by Gasteiger charge is 2.46. The molecule has 0 aromatic carbocycles. The van der Waals surface area contributed by atoms with Crippen LogP contribution in [0.5, 0.6) is 0 Å². The standard InChI is InChI=1S/C14H29N3/c1-13(2)11-17(9-5-8-16(3)4)12-14(6-7-14)10-15-13/h15H,5-12H2,1-4H3. The van der Waals surface area contributed by atoms with Crippen LogP contribution < -0.4 is 5.32 Å². The predicted octanol–water partition coefficient (Wildman–Crippen LogP) is 1.40. The zero-order valence-electron chi connectivity index (χ0n) is 12.1. The fraction of sp³-hybridized carbons (Fsp3) is 1.00. The van der Waals surface area contributed by atoms with E-state index in [4.69, 9.17) is 0 Å². The summed E-state index contributed by atoms with van der Waals surface area (Å²) in [6, 6.07) is 0. The molecule has 1 heterocycles. The molecular formula is C14H29N3. The van der Waals surface area contributed by atoms with Gasteiger partial charge in [-0.1, -0.05) is 0 Å². The molecule has 1 saturated carbocycles. The molecule has 2 rings (SSSR count). The zero-order chi connectivity index (χ0) is 12.5. The molecule has 100 valence electrons. The molecule has 3 nitrogen and oxygen atoms in total. The molecule has 1 N–H and O–H groups in total. The largest absolute Gasteiger partial charge is 0.310 e. The van der Waals surface area contributed by atoms with Crippen molar-refractivity contribution in [2.24, 2.45) is 5.41 Å². The Balaban J connectivity index is 1.85. The van der Waals surface area contributed by atoms with Gasteiger partial charge in [-0.25, -0.2) is 0 Å². The molecule has 1 aliphatic heterocycles. The van der Waals surface area contributed by atoms with Crippen molar-refractivity contribution in [2.45, 2.75) is 38.6 Å². The van der Waals surface area contributed by atoms with Crippen molar-refractivity contribution in [3.05, 3.63) is 0 Å². The summed E-state index contributed by atoms with van der Waals surface area (Å²) in [4.78, 5) is 4.98. The topological polar surface area (TPSA) is 18.5 Å². The highest BCUT2D eigenvalue weighted by Crippen LogP contribution is 2.47. The van der Waals surface area contributed by atoms with Crippen LogP contribution in [0.25, 0.3) is 0 Å². The fourth-order valence-electron chi connectivity index (χ4n) is 2.91. The summed E-state index contributed by atoms with van der Waals surface area (Å²) in [7, 11) is 4.33. The first-order valence-corrected chi connectivity index (χ1v) is 7.03. The van der Waals surface area contributed by atoms with Crippen molar-refractivity contribution in [2.75, 3.05) is 46.8 Å². The van der Waals surface area contributed by atoms with Gasteiger partial charge in [-0.05, 0) is 65.7 Å². The van der Waals surface area contributed by atoms with E-state index < -0.39 is 0 Å². The van der Waals surface area contributed by atoms with Gasteiger partial charge in [0.15, 0.2) is 0 Å². The van der Waals surface area contributed by atoms with Crippen molar-refractivity contribution in [1.29, 1.82) is 0 Å². The normalized spacial score (nSPS) is 27.4. The summed E-state index contributed by atoms with van der Waals surface area (Å²) in [5, 5.41) is 3.75. The highest BCUT2D eigenvalue weighted by molar-refractivity contribution is 5.02. The van der Waals surface area contributed by atoms with Crippen LogP contribution in [0.1, 0.15) is 33.1 Å². The van der Waals surface area contributed by atoms with Crippen molar-refractivity contribution in [3.8, 4) is 0 Å². The molecule has 17 heavy (non-hydrogen) atoms. The fourth-order valence-corrected chi connectivity index (χ4v) is 2.91. The van der Waals surface area contributed by atoms with Gasteiger partial charge < -0.3 is 15.1 Å². The molecule has 2 fully saturated rings. The maximum Gasteiger partial charge on any atom is 0.0252 e. The molecule has 1 spiro atoms. The molecule has 0 amide bonds. The van der Waals surface area contributed by atoms with Crippen LogP contribution in [-0.2, 0) is 0 Å². The predicted molar refractivity (Wildman–Crippen MR) is 73.4 cm³/mol. The molecule has 0 aromatic rings. The second kappa shape index (κ2) is 4.87. The van der Waals surface area contributed by atoms with Gasteiger partial charge in [-0.2, -0.15) is 0 Å². The van der Waals surface area contributed by atoms with Gasteiger partial charge in [-0.3, -0.25) is 0 Å². The smallest absolute Gasteiger partial charge is 0.0252 e. The minimum atomic E-state index is 0.282. The summed E-state index contributed by atoms with van der Waals surface area (Å²) < 4.78 is 0. The van der Waals surface area contributed by atoms with Crippen LogP contribution in [0, 0.1) is 5.41 Å². The first-order valence-electron chi connectivity index (χ1n) is 7.03. The highest BCUT2D eigenvalue weighted by atomic mass is 15.2. The van der Waals surface area contributed by atoms with Gasteiger partial charge in [-0.15, -0.1) is 0 Å². The zero-order valence-corrected chi connectivity index (χ0v) is 12.1. The summed E-state index contributed by atoms with van der Waals surface area (Å²) in [6.45, 7) is 10.9. The van der Waals surface area contributed by atoms with E-state index in [1.807, 2.05) is 0 Å². The number of hydrogen-bond acceptors (Lipinski definition) is 3. The SMILES string of the molecule is CN(C)CCCN1CC2(CC2)CNC(C)(C)C1. The number of nitrogens with zero attached hydrogens (tertiary/aromatic N) is 2. The number of rotatable bonds is 4. The van der Waals surface area contributed by atoms with E-state index >= 15 is 0 Å². The van der Waals surface area contributed by atoms with E-state index in [1.54, 1.807) is 0 Å². The molecule has 0 atom stereocenters. The van der Waals surface area contributed by atoms with Gasteiger partial charge in [0.25, 0.3) is 0 Å². The van der Waals surface area contributed by atoms with Crippen LogP contribution in [0.3, 0.4) is 0 Å². The monoisotopic (exact) mass is 239 g/mol. The first kappa shape index (κ1) is 13.3. The maximum atomic E-state index is 3.75. The third-order valence-corrected chi connectivity index (χ3v) is 4.16. The molecule has 1 aliphatic carbocycles. The Labute approximate surface area is 107 Å². The third kappa shape index (κ3) is 3.94. The van der Waals surface area contributed by atoms with E-state index in [0.717, 1.165) is 0 Å². The lowest BCUT2D eigenvalue weighted by Crippen LogP contribution is -2.46. The van der Waals surface area contributed by atoms with Crippen LogP contribution >= 0.6 is 0 Å². The van der Waals surface area contributed by atoms with E-state index in [0.29, 0.717) is 5.41 Å². The average molecular weight is 239 g/mol. The molecular weight excluding hydrogens is 210 g/mol. The van der Waals surface area contributed by atoms with Crippen molar-refractivity contribution in [1.82, 2.24) is 15.1 Å². The van der Waals surface area contributed by atoms with E-state index in [-0.39, 0.29) is 5.54 Å². The summed E-state index contributed by atoms with van der Waals surface area (Å²) in [5.74, 6) is 0. The molecule has 3 heteroatoms. The van der Waals surface area contributed by atoms with Crippen molar-refractivity contribution >= 4 is 0 Å². The van der Waals surface area contributed by atoms with Crippen LogP contribution in [0.15, 0.2) is 0 Å². The van der Waals surface area contributed by atoms with E-state index in [9.17, 15) is 0 Å². The van der Waals surface area contributed by atoms with E-state index in [2.05, 4.69) is 43.1 Å². The Morgan fingerprint density at radius 1 is 1.18 bits per heavy atom. The van der Waals surface area contributed by atoms with Gasteiger partial charge in [0.05, 0.1) is 0 Å². The third-order valence-electron chi connectivity index (χ3n) is 4.16. The van der Waals surface area contributed by atoms with Crippen molar-refractivity contribution < 1.29 is 0 Å². The van der Waals surface area contributed by atoms with Gasteiger partial charge >= 0.3 is 0 Å². The summed E-state index contributed by atoms with van der Waals surface area (Å²) in [6.07, 6.45) is 4.15. The minimum absolute atomic E-state index is 0.282.